The van der Waals surface area contributed by atoms with Crippen molar-refractivity contribution < 1.29 is 0 Å². The number of halogens is 1. The first-order chi connectivity index (χ1) is 5.33. The fourth-order valence-electron chi connectivity index (χ4n) is 1.90. The van der Waals surface area contributed by atoms with E-state index in [2.05, 4.69) is 22.9 Å². The molecule has 1 saturated heterocycles. The van der Waals surface area contributed by atoms with Crippen molar-refractivity contribution >= 4 is 24.7 Å². The van der Waals surface area contributed by atoms with E-state index in [1.165, 1.54) is 25.7 Å². The number of hydrogen-bond acceptors (Lipinski definition) is 0. The van der Waals surface area contributed by atoms with E-state index < -0.39 is 0 Å². The largest absolute Gasteiger partial charge is 0.0891 e. The van der Waals surface area contributed by atoms with E-state index in [0.717, 1.165) is 4.83 Å². The van der Waals surface area contributed by atoms with Gasteiger partial charge in [0.1, 0.15) is 0 Å². The Hall–Kier alpha value is 0.697. The van der Waals surface area contributed by atoms with Gasteiger partial charge in [0.2, 0.25) is 0 Å². The first-order valence-electron chi connectivity index (χ1n) is 4.97. The summed E-state index contributed by atoms with van der Waals surface area (Å²) >= 11 is 3.71. The van der Waals surface area contributed by atoms with Gasteiger partial charge in [-0.1, -0.05) is 53.8 Å². The molecular formula is C9H19BrSi. The molecule has 1 rings (SSSR count). The van der Waals surface area contributed by atoms with E-state index in [0.29, 0.717) is 0 Å². The molecule has 0 amide bonds. The van der Waals surface area contributed by atoms with Gasteiger partial charge in [0.15, 0.2) is 0 Å². The van der Waals surface area contributed by atoms with Gasteiger partial charge in [0, 0.05) is 13.6 Å². The monoisotopic (exact) mass is 234 g/mol. The highest BCUT2D eigenvalue weighted by Crippen LogP contribution is 2.27. The molecule has 0 nitrogen and oxygen atoms in total. The van der Waals surface area contributed by atoms with Gasteiger partial charge >= 0.3 is 0 Å². The van der Waals surface area contributed by atoms with Gasteiger partial charge in [-0.2, -0.15) is 0 Å². The lowest BCUT2D eigenvalue weighted by atomic mass is 10.3. The van der Waals surface area contributed by atoms with Crippen LogP contribution in [0.5, 0.6) is 0 Å². The molecule has 0 aromatic carbocycles. The Morgan fingerprint density at radius 2 is 2.00 bits per heavy atom. The van der Waals surface area contributed by atoms with Crippen LogP contribution < -0.4 is 0 Å². The molecule has 1 heterocycles. The van der Waals surface area contributed by atoms with Crippen molar-refractivity contribution in [2.24, 2.45) is 0 Å². The van der Waals surface area contributed by atoms with Crippen LogP contribution in [0.15, 0.2) is 0 Å². The summed E-state index contributed by atoms with van der Waals surface area (Å²) in [5, 5.41) is 0. The molecule has 0 spiro atoms. The number of unbranched alkanes of at least 4 members (excludes halogenated alkanes) is 1. The highest BCUT2D eigenvalue weighted by atomic mass is 79.9. The van der Waals surface area contributed by atoms with Crippen LogP contribution in [0, 0.1) is 0 Å². The normalized spacial score (nSPS) is 32.2. The second-order valence-electron chi connectivity index (χ2n) is 3.76. The third-order valence-electron chi connectivity index (χ3n) is 2.74. The average Bonchev–Trinajstić information content (AvgIpc) is 2.04. The zero-order valence-corrected chi connectivity index (χ0v) is 10.2. The minimum Gasteiger partial charge on any atom is -0.0891 e. The van der Waals surface area contributed by atoms with Crippen LogP contribution >= 0.6 is 15.9 Å². The predicted molar refractivity (Wildman–Crippen MR) is 58.4 cm³/mol. The van der Waals surface area contributed by atoms with Crippen LogP contribution in [0.2, 0.25) is 18.1 Å². The van der Waals surface area contributed by atoms with E-state index in [4.69, 9.17) is 0 Å². The Labute approximate surface area is 80.5 Å². The Balaban J connectivity index is 2.07. The maximum Gasteiger partial charge on any atom is 0.0368 e. The quantitative estimate of drug-likeness (QED) is 0.518. The molecule has 0 bridgehead atoms. The molecule has 2 heteroatoms. The SMILES string of the molecule is CCCC[SiH]1CCC(Br)CC1. The second-order valence-corrected chi connectivity index (χ2v) is 8.52. The molecule has 1 aliphatic heterocycles. The van der Waals surface area contributed by atoms with E-state index in [1.54, 1.807) is 18.1 Å². The van der Waals surface area contributed by atoms with Gasteiger partial charge in [-0.05, 0) is 12.8 Å². The third-order valence-corrected chi connectivity index (χ3v) is 7.18. The Morgan fingerprint density at radius 3 is 2.55 bits per heavy atom. The average molecular weight is 235 g/mol. The standard InChI is InChI=1S/C9H19BrSi/c1-2-3-6-11-7-4-9(10)5-8-11/h9,11H,2-8H2,1H3. The van der Waals surface area contributed by atoms with Gasteiger partial charge in [-0.25, -0.2) is 0 Å². The van der Waals surface area contributed by atoms with Gasteiger partial charge in [0.25, 0.3) is 0 Å². The molecule has 0 aromatic heterocycles. The van der Waals surface area contributed by atoms with Gasteiger partial charge in [-0.3, -0.25) is 0 Å². The summed E-state index contributed by atoms with van der Waals surface area (Å²) < 4.78 is 0. The minimum absolute atomic E-state index is 0.212. The van der Waals surface area contributed by atoms with Crippen LogP contribution in [0.1, 0.15) is 32.6 Å². The molecule has 0 aliphatic carbocycles. The zero-order chi connectivity index (χ0) is 8.10. The van der Waals surface area contributed by atoms with Crippen LogP contribution in [-0.2, 0) is 0 Å². The molecule has 1 fully saturated rings. The Bertz CT molecular complexity index is 95.0. The van der Waals surface area contributed by atoms with Crippen LogP contribution in [0.3, 0.4) is 0 Å². The lowest BCUT2D eigenvalue weighted by Gasteiger charge is -2.23. The van der Waals surface area contributed by atoms with Crippen LogP contribution in [-0.4, -0.2) is 13.6 Å². The summed E-state index contributed by atoms with van der Waals surface area (Å²) in [5.74, 6) is 0. The zero-order valence-electron chi connectivity index (χ0n) is 7.48. The smallest absolute Gasteiger partial charge is 0.0368 e. The lowest BCUT2D eigenvalue weighted by molar-refractivity contribution is 0.740. The second kappa shape index (κ2) is 5.36. The van der Waals surface area contributed by atoms with E-state index in [9.17, 15) is 0 Å². The summed E-state index contributed by atoms with van der Waals surface area (Å²) in [6.07, 6.45) is 5.85. The molecule has 0 unspecified atom stereocenters. The van der Waals surface area contributed by atoms with Crippen molar-refractivity contribution in [3.63, 3.8) is 0 Å². The molecule has 0 radical (unpaired) electrons. The molecule has 0 aromatic rings. The topological polar surface area (TPSA) is 0 Å². The molecule has 66 valence electrons. The predicted octanol–water partition coefficient (Wildman–Crippen LogP) is 3.57. The molecule has 0 atom stereocenters. The summed E-state index contributed by atoms with van der Waals surface area (Å²) in [6.45, 7) is 2.31. The summed E-state index contributed by atoms with van der Waals surface area (Å²) in [5.41, 5.74) is 0. The molecule has 0 saturated carbocycles. The highest BCUT2D eigenvalue weighted by molar-refractivity contribution is 9.09. The lowest BCUT2D eigenvalue weighted by Crippen LogP contribution is -2.20. The molecular weight excluding hydrogens is 216 g/mol. The number of rotatable bonds is 3. The minimum atomic E-state index is -0.212. The van der Waals surface area contributed by atoms with Gasteiger partial charge in [-0.15, -0.1) is 0 Å². The molecule has 1 aliphatic rings. The van der Waals surface area contributed by atoms with Gasteiger partial charge in [0.05, 0.1) is 0 Å². The van der Waals surface area contributed by atoms with Crippen molar-refractivity contribution in [3.05, 3.63) is 0 Å². The maximum atomic E-state index is 3.71. The van der Waals surface area contributed by atoms with Crippen molar-refractivity contribution in [1.82, 2.24) is 0 Å². The molecule has 11 heavy (non-hydrogen) atoms. The first kappa shape index (κ1) is 9.78. The van der Waals surface area contributed by atoms with Crippen molar-refractivity contribution in [2.45, 2.75) is 55.6 Å². The highest BCUT2D eigenvalue weighted by Gasteiger charge is 2.19. The maximum absolute atomic E-state index is 3.71. The fourth-order valence-corrected chi connectivity index (χ4v) is 7.01. The van der Waals surface area contributed by atoms with Crippen LogP contribution in [0.4, 0.5) is 0 Å². The Kier molecular flexibility index (Phi) is 4.77. The first-order valence-corrected chi connectivity index (χ1v) is 8.33. The summed E-state index contributed by atoms with van der Waals surface area (Å²) in [4.78, 5) is 0.868. The fraction of sp³-hybridized carbons (Fsp3) is 1.00. The van der Waals surface area contributed by atoms with E-state index >= 15 is 0 Å². The van der Waals surface area contributed by atoms with E-state index in [1.807, 2.05) is 0 Å². The third kappa shape index (κ3) is 3.75. The summed E-state index contributed by atoms with van der Waals surface area (Å²) in [6, 6.07) is 4.84. The van der Waals surface area contributed by atoms with E-state index in [-0.39, 0.29) is 8.80 Å². The Morgan fingerprint density at radius 1 is 1.36 bits per heavy atom. The van der Waals surface area contributed by atoms with Crippen molar-refractivity contribution in [2.75, 3.05) is 0 Å². The van der Waals surface area contributed by atoms with Crippen molar-refractivity contribution in [3.8, 4) is 0 Å². The van der Waals surface area contributed by atoms with Crippen molar-refractivity contribution in [1.29, 1.82) is 0 Å². The molecule has 0 N–H and O–H groups in total. The number of alkyl halides is 1. The van der Waals surface area contributed by atoms with Gasteiger partial charge < -0.3 is 0 Å². The number of hydrogen-bond donors (Lipinski definition) is 0. The van der Waals surface area contributed by atoms with Crippen LogP contribution in [0.25, 0.3) is 0 Å². The summed E-state index contributed by atoms with van der Waals surface area (Å²) in [7, 11) is -0.212.